The number of nitrogens with one attached hydrogen (secondary N) is 1. The highest BCUT2D eigenvalue weighted by Gasteiger charge is 2.28. The molecule has 0 aromatic rings. The lowest BCUT2D eigenvalue weighted by Crippen LogP contribution is -2.55. The fraction of sp³-hybridized carbons (Fsp3) is 0.818. The molecule has 1 fully saturated rings. The summed E-state index contributed by atoms with van der Waals surface area (Å²) in [6.07, 6.45) is 2.60. The van der Waals surface area contributed by atoms with Crippen LogP contribution >= 0.6 is 0 Å². The van der Waals surface area contributed by atoms with Gasteiger partial charge in [0.25, 0.3) is 0 Å². The highest BCUT2D eigenvalue weighted by Crippen LogP contribution is 2.11. The molecule has 2 N–H and O–H groups in total. The third-order valence-electron chi connectivity index (χ3n) is 2.84. The molecule has 1 saturated heterocycles. The first-order valence-corrected chi connectivity index (χ1v) is 5.88. The van der Waals surface area contributed by atoms with E-state index in [1.54, 1.807) is 0 Å². The van der Waals surface area contributed by atoms with E-state index in [4.69, 9.17) is 5.11 Å². The number of amides is 1. The van der Waals surface area contributed by atoms with Gasteiger partial charge < -0.3 is 10.4 Å². The zero-order valence-corrected chi connectivity index (χ0v) is 9.74. The molecule has 0 spiro atoms. The SMILES string of the molecule is CCCC1C(=O)NCCN1CCCC(=O)O. The molecular formula is C11H20N2O3. The lowest BCUT2D eigenvalue weighted by atomic mass is 10.1. The largest absolute Gasteiger partial charge is 0.481 e. The highest BCUT2D eigenvalue weighted by atomic mass is 16.4. The quantitative estimate of drug-likeness (QED) is 0.692. The minimum absolute atomic E-state index is 0.0625. The summed E-state index contributed by atoms with van der Waals surface area (Å²) in [7, 11) is 0. The van der Waals surface area contributed by atoms with Gasteiger partial charge in [0.05, 0.1) is 6.04 Å². The summed E-state index contributed by atoms with van der Waals surface area (Å²) in [5.41, 5.74) is 0. The average molecular weight is 228 g/mol. The van der Waals surface area contributed by atoms with Gasteiger partial charge >= 0.3 is 5.97 Å². The van der Waals surface area contributed by atoms with Crippen LogP contribution < -0.4 is 5.32 Å². The van der Waals surface area contributed by atoms with Gasteiger partial charge in [-0.05, 0) is 19.4 Å². The lowest BCUT2D eigenvalue weighted by Gasteiger charge is -2.34. The second-order valence-corrected chi connectivity index (χ2v) is 4.13. The maximum atomic E-state index is 11.6. The van der Waals surface area contributed by atoms with Gasteiger partial charge in [-0.2, -0.15) is 0 Å². The minimum Gasteiger partial charge on any atom is -0.481 e. The van der Waals surface area contributed by atoms with Gasteiger partial charge in [0.15, 0.2) is 0 Å². The van der Waals surface area contributed by atoms with Crippen molar-refractivity contribution in [3.8, 4) is 0 Å². The number of carboxylic acid groups (broad SMARTS) is 1. The van der Waals surface area contributed by atoms with E-state index in [0.717, 1.165) is 19.4 Å². The molecule has 0 saturated carbocycles. The van der Waals surface area contributed by atoms with Crippen LogP contribution in [0.5, 0.6) is 0 Å². The third-order valence-corrected chi connectivity index (χ3v) is 2.84. The lowest BCUT2D eigenvalue weighted by molar-refractivity contribution is -0.137. The Morgan fingerprint density at radius 2 is 2.38 bits per heavy atom. The van der Waals surface area contributed by atoms with Crippen molar-refractivity contribution in [1.82, 2.24) is 10.2 Å². The van der Waals surface area contributed by atoms with Gasteiger partial charge in [-0.3, -0.25) is 14.5 Å². The number of piperazine rings is 1. The Morgan fingerprint density at radius 1 is 1.62 bits per heavy atom. The zero-order chi connectivity index (χ0) is 12.0. The fourth-order valence-corrected chi connectivity index (χ4v) is 2.05. The molecule has 1 amide bonds. The summed E-state index contributed by atoms with van der Waals surface area (Å²) in [6.45, 7) is 4.25. The van der Waals surface area contributed by atoms with Crippen molar-refractivity contribution in [2.24, 2.45) is 0 Å². The van der Waals surface area contributed by atoms with Crippen LogP contribution in [0.4, 0.5) is 0 Å². The molecule has 1 atom stereocenters. The molecular weight excluding hydrogens is 208 g/mol. The Hall–Kier alpha value is -1.10. The van der Waals surface area contributed by atoms with Crippen molar-refractivity contribution in [1.29, 1.82) is 0 Å². The number of carbonyl (C=O) groups excluding carboxylic acids is 1. The molecule has 1 aliphatic rings. The molecule has 0 radical (unpaired) electrons. The van der Waals surface area contributed by atoms with Crippen LogP contribution in [-0.4, -0.2) is 47.6 Å². The molecule has 5 heteroatoms. The number of carboxylic acids is 1. The summed E-state index contributed by atoms with van der Waals surface area (Å²) >= 11 is 0. The maximum absolute atomic E-state index is 11.6. The van der Waals surface area contributed by atoms with Crippen LogP contribution in [0.2, 0.25) is 0 Å². The van der Waals surface area contributed by atoms with E-state index in [-0.39, 0.29) is 18.4 Å². The van der Waals surface area contributed by atoms with E-state index in [9.17, 15) is 9.59 Å². The number of aliphatic carboxylic acids is 1. The smallest absolute Gasteiger partial charge is 0.303 e. The van der Waals surface area contributed by atoms with Crippen molar-refractivity contribution in [3.05, 3.63) is 0 Å². The van der Waals surface area contributed by atoms with Crippen molar-refractivity contribution < 1.29 is 14.7 Å². The van der Waals surface area contributed by atoms with Crippen molar-refractivity contribution in [2.75, 3.05) is 19.6 Å². The van der Waals surface area contributed by atoms with Gasteiger partial charge in [-0.25, -0.2) is 0 Å². The van der Waals surface area contributed by atoms with Gasteiger partial charge in [0.1, 0.15) is 0 Å². The summed E-state index contributed by atoms with van der Waals surface area (Å²) < 4.78 is 0. The van der Waals surface area contributed by atoms with E-state index < -0.39 is 5.97 Å². The van der Waals surface area contributed by atoms with E-state index in [2.05, 4.69) is 17.1 Å². The number of hydrogen-bond acceptors (Lipinski definition) is 3. The molecule has 1 aliphatic heterocycles. The molecule has 1 rings (SSSR count). The molecule has 0 bridgehead atoms. The minimum atomic E-state index is -0.770. The first kappa shape index (κ1) is 13.0. The summed E-state index contributed by atoms with van der Waals surface area (Å²) in [5, 5.41) is 11.4. The summed E-state index contributed by atoms with van der Waals surface area (Å²) in [6, 6.07) is -0.0625. The number of hydrogen-bond donors (Lipinski definition) is 2. The Bertz CT molecular complexity index is 256. The monoisotopic (exact) mass is 228 g/mol. The average Bonchev–Trinajstić information content (AvgIpc) is 2.22. The zero-order valence-electron chi connectivity index (χ0n) is 9.74. The van der Waals surface area contributed by atoms with E-state index in [0.29, 0.717) is 19.5 Å². The van der Waals surface area contributed by atoms with Gasteiger partial charge in [0.2, 0.25) is 5.91 Å². The Kier molecular flexibility index (Phi) is 5.25. The Balaban J connectivity index is 2.41. The Labute approximate surface area is 95.8 Å². The first-order chi connectivity index (χ1) is 7.65. The van der Waals surface area contributed by atoms with Crippen molar-refractivity contribution in [2.45, 2.75) is 38.6 Å². The third kappa shape index (κ3) is 3.81. The molecule has 0 aliphatic carbocycles. The second kappa shape index (κ2) is 6.48. The molecule has 92 valence electrons. The number of carbonyl (C=O) groups is 2. The number of rotatable bonds is 6. The van der Waals surface area contributed by atoms with Gasteiger partial charge in [-0.1, -0.05) is 13.3 Å². The highest BCUT2D eigenvalue weighted by molar-refractivity contribution is 5.82. The van der Waals surface area contributed by atoms with E-state index in [1.807, 2.05) is 0 Å². The van der Waals surface area contributed by atoms with Crippen LogP contribution in [0, 0.1) is 0 Å². The van der Waals surface area contributed by atoms with Crippen LogP contribution in [0.3, 0.4) is 0 Å². The van der Waals surface area contributed by atoms with E-state index >= 15 is 0 Å². The number of nitrogens with zero attached hydrogens (tertiary/aromatic N) is 1. The molecule has 0 aromatic carbocycles. The van der Waals surface area contributed by atoms with Crippen LogP contribution in [0.1, 0.15) is 32.6 Å². The van der Waals surface area contributed by atoms with Crippen LogP contribution in [0.25, 0.3) is 0 Å². The topological polar surface area (TPSA) is 69.6 Å². The maximum Gasteiger partial charge on any atom is 0.303 e. The van der Waals surface area contributed by atoms with Crippen LogP contribution in [0.15, 0.2) is 0 Å². The molecule has 1 heterocycles. The van der Waals surface area contributed by atoms with Gasteiger partial charge in [-0.15, -0.1) is 0 Å². The molecule has 0 aromatic heterocycles. The van der Waals surface area contributed by atoms with Crippen molar-refractivity contribution >= 4 is 11.9 Å². The summed E-state index contributed by atoms with van der Waals surface area (Å²) in [5.74, 6) is -0.683. The normalized spacial score (nSPS) is 21.8. The second-order valence-electron chi connectivity index (χ2n) is 4.13. The van der Waals surface area contributed by atoms with Gasteiger partial charge in [0, 0.05) is 19.5 Å². The molecule has 16 heavy (non-hydrogen) atoms. The Morgan fingerprint density at radius 3 is 3.00 bits per heavy atom. The summed E-state index contributed by atoms with van der Waals surface area (Å²) in [4.78, 5) is 24.1. The fourth-order valence-electron chi connectivity index (χ4n) is 2.05. The standard InChI is InChI=1S/C11H20N2O3/c1-2-4-9-11(16)12-6-8-13(9)7-3-5-10(14)15/h9H,2-8H2,1H3,(H,12,16)(H,14,15). The van der Waals surface area contributed by atoms with Crippen LogP contribution in [-0.2, 0) is 9.59 Å². The predicted molar refractivity (Wildman–Crippen MR) is 60.1 cm³/mol. The van der Waals surface area contributed by atoms with E-state index in [1.165, 1.54) is 0 Å². The first-order valence-electron chi connectivity index (χ1n) is 5.88. The van der Waals surface area contributed by atoms with Crippen molar-refractivity contribution in [3.63, 3.8) is 0 Å². The molecule has 5 nitrogen and oxygen atoms in total. The predicted octanol–water partition coefficient (Wildman–Crippen LogP) is 0.452. The molecule has 1 unspecified atom stereocenters.